The van der Waals surface area contributed by atoms with Gasteiger partial charge in [0.15, 0.2) is 9.84 Å². The van der Waals surface area contributed by atoms with Crippen molar-refractivity contribution < 1.29 is 26.4 Å². The van der Waals surface area contributed by atoms with Gasteiger partial charge in [-0.15, -0.1) is 0 Å². The predicted molar refractivity (Wildman–Crippen MR) is 98.0 cm³/mol. The Morgan fingerprint density at radius 3 is 2.19 bits per heavy atom. The smallest absolute Gasteiger partial charge is 0.272 e. The lowest BCUT2D eigenvalue weighted by Gasteiger charge is -2.22. The number of sulfonamides is 1. The molecule has 0 bridgehead atoms. The molecule has 0 saturated carbocycles. The number of rotatable bonds is 5. The molecule has 26 heavy (non-hydrogen) atoms. The third-order valence-corrected chi connectivity index (χ3v) is 7.36. The van der Waals surface area contributed by atoms with E-state index in [1.807, 2.05) is 0 Å². The molecule has 1 aliphatic heterocycles. The number of carbonyl (C=O) groups is 1. The molecular weight excluding hydrogens is 451 g/mol. The Morgan fingerprint density at radius 2 is 1.69 bits per heavy atom. The molecule has 2 N–H and O–H groups in total. The second-order valence-corrected chi connectivity index (χ2v) is 11.7. The van der Waals surface area contributed by atoms with Crippen molar-refractivity contribution in [3.8, 4) is 5.75 Å². The van der Waals surface area contributed by atoms with Crippen molar-refractivity contribution in [2.75, 3.05) is 18.6 Å². The van der Waals surface area contributed by atoms with Gasteiger partial charge in [-0.05, 0) is 24.3 Å². The lowest BCUT2D eigenvalue weighted by Crippen LogP contribution is -2.53. The normalized spacial score (nSPS) is 22.8. The topological polar surface area (TPSA) is 119 Å². The number of ether oxygens (including phenoxy) is 1. The highest BCUT2D eigenvalue weighted by Gasteiger charge is 2.43. The van der Waals surface area contributed by atoms with Crippen LogP contribution in [0, 0.1) is 0 Å². The molecular formula is C13H15Cl3N2O6S2. The van der Waals surface area contributed by atoms with Gasteiger partial charge in [0.05, 0.1) is 35.6 Å². The highest BCUT2D eigenvalue weighted by Crippen LogP contribution is 2.27. The molecule has 1 aliphatic rings. The molecule has 2 rings (SSSR count). The Hall–Kier alpha value is -0.780. The summed E-state index contributed by atoms with van der Waals surface area (Å²) in [7, 11) is -6.20. The maximum Gasteiger partial charge on any atom is 0.272 e. The van der Waals surface area contributed by atoms with Crippen LogP contribution in [-0.2, 0) is 24.7 Å². The molecule has 1 fully saturated rings. The van der Waals surface area contributed by atoms with E-state index in [-0.39, 0.29) is 4.90 Å². The van der Waals surface area contributed by atoms with Crippen LogP contribution in [0.15, 0.2) is 29.2 Å². The molecule has 1 amide bonds. The van der Waals surface area contributed by atoms with Crippen molar-refractivity contribution in [3.05, 3.63) is 24.3 Å². The van der Waals surface area contributed by atoms with Crippen molar-refractivity contribution in [2.24, 2.45) is 0 Å². The minimum Gasteiger partial charge on any atom is -0.497 e. The van der Waals surface area contributed by atoms with Crippen molar-refractivity contribution in [3.63, 3.8) is 0 Å². The van der Waals surface area contributed by atoms with Crippen LogP contribution in [0.2, 0.25) is 0 Å². The number of halogens is 3. The molecule has 146 valence electrons. The minimum absolute atomic E-state index is 0.0888. The number of amides is 1. The zero-order valence-electron chi connectivity index (χ0n) is 13.3. The van der Waals surface area contributed by atoms with Gasteiger partial charge >= 0.3 is 0 Å². The first kappa shape index (κ1) is 21.5. The Labute approximate surface area is 166 Å². The van der Waals surface area contributed by atoms with Gasteiger partial charge in [-0.25, -0.2) is 21.6 Å². The minimum atomic E-state index is -4.04. The van der Waals surface area contributed by atoms with E-state index < -0.39 is 53.1 Å². The summed E-state index contributed by atoms with van der Waals surface area (Å²) in [4.78, 5) is 11.7. The molecule has 13 heteroatoms. The van der Waals surface area contributed by atoms with Gasteiger partial charge < -0.3 is 10.1 Å². The molecule has 1 heterocycles. The van der Waals surface area contributed by atoms with Crippen LogP contribution in [0.5, 0.6) is 5.75 Å². The molecule has 0 unspecified atom stereocenters. The number of methoxy groups -OCH3 is 1. The Bertz CT molecular complexity index is 881. The summed E-state index contributed by atoms with van der Waals surface area (Å²) >= 11 is 16.4. The fourth-order valence-corrected chi connectivity index (χ4v) is 5.79. The van der Waals surface area contributed by atoms with Crippen LogP contribution < -0.4 is 14.8 Å². The van der Waals surface area contributed by atoms with Crippen LogP contribution in [0.4, 0.5) is 0 Å². The highest BCUT2D eigenvalue weighted by molar-refractivity contribution is 7.92. The maximum absolute atomic E-state index is 12.5. The molecule has 0 aromatic heterocycles. The average Bonchev–Trinajstić information content (AvgIpc) is 2.79. The monoisotopic (exact) mass is 464 g/mol. The van der Waals surface area contributed by atoms with Crippen molar-refractivity contribution >= 4 is 60.6 Å². The van der Waals surface area contributed by atoms with E-state index in [9.17, 15) is 21.6 Å². The average molecular weight is 466 g/mol. The molecule has 0 spiro atoms. The number of sulfone groups is 1. The van der Waals surface area contributed by atoms with Crippen LogP contribution >= 0.6 is 34.8 Å². The molecule has 8 nitrogen and oxygen atoms in total. The van der Waals surface area contributed by atoms with Crippen molar-refractivity contribution in [1.29, 1.82) is 0 Å². The number of nitrogens with one attached hydrogen (secondary N) is 2. The second-order valence-electron chi connectivity index (χ2n) is 5.56. The summed E-state index contributed by atoms with van der Waals surface area (Å²) in [6, 6.07) is 3.32. The van der Waals surface area contributed by atoms with Gasteiger partial charge in [0.1, 0.15) is 5.75 Å². The van der Waals surface area contributed by atoms with Crippen molar-refractivity contribution in [1.82, 2.24) is 10.0 Å². The van der Waals surface area contributed by atoms with E-state index in [1.54, 1.807) is 0 Å². The highest BCUT2D eigenvalue weighted by atomic mass is 35.6. The van der Waals surface area contributed by atoms with Crippen LogP contribution in [-0.4, -0.2) is 57.2 Å². The number of carbonyl (C=O) groups excluding carboxylic acids is 1. The van der Waals surface area contributed by atoms with Crippen LogP contribution in [0.25, 0.3) is 0 Å². The molecule has 1 aromatic rings. The van der Waals surface area contributed by atoms with Crippen LogP contribution in [0.1, 0.15) is 0 Å². The SMILES string of the molecule is COc1ccc(S(=O)(=O)N[C@H]2CS(=O)(=O)C[C@@H]2NC(=O)C(Cl)(Cl)Cl)cc1. The fourth-order valence-electron chi connectivity index (χ4n) is 2.38. The Kier molecular flexibility index (Phi) is 6.36. The number of benzene rings is 1. The van der Waals surface area contributed by atoms with Crippen molar-refractivity contribution in [2.45, 2.75) is 20.8 Å². The van der Waals surface area contributed by atoms with Gasteiger partial charge in [-0.3, -0.25) is 4.79 Å². The van der Waals surface area contributed by atoms with E-state index in [1.165, 1.54) is 31.4 Å². The molecule has 0 radical (unpaired) electrons. The second kappa shape index (κ2) is 7.69. The van der Waals surface area contributed by atoms with Gasteiger partial charge in [-0.1, -0.05) is 34.8 Å². The summed E-state index contributed by atoms with van der Waals surface area (Å²) in [5.41, 5.74) is 0. The summed E-state index contributed by atoms with van der Waals surface area (Å²) in [5.74, 6) is -1.55. The number of hydrogen-bond acceptors (Lipinski definition) is 6. The summed E-state index contributed by atoms with van der Waals surface area (Å²) < 4.78 is 53.7. The third kappa shape index (κ3) is 5.37. The zero-order chi connectivity index (χ0) is 19.8. The van der Waals surface area contributed by atoms with Gasteiger partial charge in [0.25, 0.3) is 9.70 Å². The summed E-state index contributed by atoms with van der Waals surface area (Å²) in [6.07, 6.45) is 0. The summed E-state index contributed by atoms with van der Waals surface area (Å²) in [5, 5.41) is 2.26. The first-order valence-corrected chi connectivity index (χ1v) is 11.5. The van der Waals surface area contributed by atoms with Gasteiger partial charge in [0.2, 0.25) is 10.0 Å². The lowest BCUT2D eigenvalue weighted by molar-refractivity contribution is -0.120. The first-order valence-electron chi connectivity index (χ1n) is 7.08. The van der Waals surface area contributed by atoms with Crippen LogP contribution in [0.3, 0.4) is 0 Å². The van der Waals surface area contributed by atoms with E-state index in [4.69, 9.17) is 39.5 Å². The third-order valence-electron chi connectivity index (χ3n) is 3.60. The molecule has 0 aliphatic carbocycles. The lowest BCUT2D eigenvalue weighted by atomic mass is 10.2. The number of alkyl halides is 3. The van der Waals surface area contributed by atoms with E-state index in [2.05, 4.69) is 10.0 Å². The van der Waals surface area contributed by atoms with E-state index >= 15 is 0 Å². The Balaban J connectivity index is 2.22. The quantitative estimate of drug-likeness (QED) is 0.616. The summed E-state index contributed by atoms with van der Waals surface area (Å²) in [6.45, 7) is 0. The molecule has 1 saturated heterocycles. The largest absolute Gasteiger partial charge is 0.497 e. The predicted octanol–water partition coefficient (Wildman–Crippen LogP) is 0.626. The van der Waals surface area contributed by atoms with Gasteiger partial charge in [-0.2, -0.15) is 0 Å². The Morgan fingerprint density at radius 1 is 1.15 bits per heavy atom. The standard InChI is InChI=1S/C13H15Cl3N2O6S2/c1-24-8-2-4-9(5-3-8)26(22,23)18-11-7-25(20,21)6-10(11)17-12(19)13(14,15)16/h2-5,10-11,18H,6-7H2,1H3,(H,17,19)/t10-,11-/m0/s1. The fraction of sp³-hybridized carbons (Fsp3) is 0.462. The van der Waals surface area contributed by atoms with E-state index in [0.29, 0.717) is 5.75 Å². The molecule has 1 aromatic carbocycles. The first-order chi connectivity index (χ1) is 11.8. The zero-order valence-corrected chi connectivity index (χ0v) is 17.2. The van der Waals surface area contributed by atoms with E-state index in [0.717, 1.165) is 0 Å². The maximum atomic E-state index is 12.5. The molecule has 2 atom stereocenters. The van der Waals surface area contributed by atoms with Gasteiger partial charge in [0, 0.05) is 0 Å². The number of hydrogen-bond donors (Lipinski definition) is 2.